The topological polar surface area (TPSA) is 70.6 Å². The van der Waals surface area contributed by atoms with Gasteiger partial charge in [0.05, 0.1) is 4.90 Å². The van der Waals surface area contributed by atoms with E-state index in [-0.39, 0.29) is 11.8 Å². The fourth-order valence-electron chi connectivity index (χ4n) is 3.40. The number of fused-ring (bicyclic) bond motifs is 1. The molecule has 1 aromatic heterocycles. The van der Waals surface area contributed by atoms with Crippen molar-refractivity contribution >= 4 is 26.7 Å². The van der Waals surface area contributed by atoms with Crippen LogP contribution in [0.15, 0.2) is 41.6 Å². The van der Waals surface area contributed by atoms with Gasteiger partial charge >= 0.3 is 0 Å². The minimum absolute atomic E-state index is 0.175. The molecule has 0 radical (unpaired) electrons. The molecule has 1 aliphatic carbocycles. The van der Waals surface area contributed by atoms with E-state index >= 15 is 0 Å². The van der Waals surface area contributed by atoms with Crippen LogP contribution in [0.2, 0.25) is 0 Å². The molecular formula is C18H21N3O3S. The number of carbonyl (C=O) groups is 1. The van der Waals surface area contributed by atoms with Crippen molar-refractivity contribution in [3.63, 3.8) is 0 Å². The zero-order valence-electron chi connectivity index (χ0n) is 14.0. The highest BCUT2D eigenvalue weighted by molar-refractivity contribution is 7.89. The molecule has 132 valence electrons. The van der Waals surface area contributed by atoms with Gasteiger partial charge in [0.25, 0.3) is 0 Å². The molecule has 1 saturated carbocycles. The van der Waals surface area contributed by atoms with E-state index in [1.807, 2.05) is 11.0 Å². The lowest BCUT2D eigenvalue weighted by Gasteiger charge is -2.22. The summed E-state index contributed by atoms with van der Waals surface area (Å²) in [6, 6.07) is 7.00. The van der Waals surface area contributed by atoms with E-state index in [1.165, 1.54) is 4.31 Å². The number of hydrogen-bond donors (Lipinski definition) is 0. The Hall–Kier alpha value is -1.99. The van der Waals surface area contributed by atoms with Gasteiger partial charge in [-0.3, -0.25) is 9.78 Å². The standard InChI is InChI=1S/C18H21N3O3S/c22-18(14-5-6-14)20-9-2-10-21(12-11-20)25(23,24)17-4-1-3-15-13-19-8-7-16(15)17/h1,3-4,7-8,13-14H,2,5-6,9-12H2. The van der Waals surface area contributed by atoms with Crippen LogP contribution in [-0.2, 0) is 14.8 Å². The molecule has 4 rings (SSSR count). The zero-order chi connectivity index (χ0) is 17.4. The van der Waals surface area contributed by atoms with Crippen molar-refractivity contribution < 1.29 is 13.2 Å². The molecule has 1 aromatic carbocycles. The number of amides is 1. The van der Waals surface area contributed by atoms with Gasteiger partial charge in [-0.25, -0.2) is 8.42 Å². The van der Waals surface area contributed by atoms with Gasteiger partial charge in [0.1, 0.15) is 0 Å². The van der Waals surface area contributed by atoms with E-state index < -0.39 is 10.0 Å². The lowest BCUT2D eigenvalue weighted by molar-refractivity contribution is -0.132. The predicted molar refractivity (Wildman–Crippen MR) is 94.4 cm³/mol. The second kappa shape index (κ2) is 6.38. The maximum Gasteiger partial charge on any atom is 0.243 e. The van der Waals surface area contributed by atoms with E-state index in [0.717, 1.165) is 18.2 Å². The Bertz CT molecular complexity index is 903. The predicted octanol–water partition coefficient (Wildman–Crippen LogP) is 1.87. The van der Waals surface area contributed by atoms with E-state index in [4.69, 9.17) is 0 Å². The van der Waals surface area contributed by atoms with Crippen molar-refractivity contribution in [2.45, 2.75) is 24.2 Å². The molecule has 0 spiro atoms. The van der Waals surface area contributed by atoms with Gasteiger partial charge in [-0.05, 0) is 31.4 Å². The lowest BCUT2D eigenvalue weighted by Crippen LogP contribution is -2.38. The molecule has 1 aliphatic heterocycles. The summed E-state index contributed by atoms with van der Waals surface area (Å²) < 4.78 is 27.9. The quantitative estimate of drug-likeness (QED) is 0.839. The van der Waals surface area contributed by atoms with Crippen LogP contribution in [0.5, 0.6) is 0 Å². The highest BCUT2D eigenvalue weighted by Gasteiger charge is 2.35. The number of sulfonamides is 1. The van der Waals surface area contributed by atoms with Crippen LogP contribution >= 0.6 is 0 Å². The van der Waals surface area contributed by atoms with Gasteiger partial charge < -0.3 is 4.90 Å². The van der Waals surface area contributed by atoms with Crippen molar-refractivity contribution in [3.8, 4) is 0 Å². The molecule has 2 fully saturated rings. The number of aromatic nitrogens is 1. The summed E-state index contributed by atoms with van der Waals surface area (Å²) in [7, 11) is -3.60. The Balaban J connectivity index is 1.60. The van der Waals surface area contributed by atoms with Gasteiger partial charge in [-0.1, -0.05) is 12.1 Å². The van der Waals surface area contributed by atoms with Crippen LogP contribution in [0, 0.1) is 5.92 Å². The van der Waals surface area contributed by atoms with Crippen LogP contribution in [0.4, 0.5) is 0 Å². The molecule has 0 unspecified atom stereocenters. The van der Waals surface area contributed by atoms with E-state index in [1.54, 1.807) is 30.6 Å². The number of carbonyl (C=O) groups excluding carboxylic acids is 1. The van der Waals surface area contributed by atoms with Crippen LogP contribution in [0.1, 0.15) is 19.3 Å². The van der Waals surface area contributed by atoms with E-state index in [9.17, 15) is 13.2 Å². The van der Waals surface area contributed by atoms with Crippen molar-refractivity contribution in [2.24, 2.45) is 5.92 Å². The van der Waals surface area contributed by atoms with Crippen molar-refractivity contribution in [1.29, 1.82) is 0 Å². The fraction of sp³-hybridized carbons (Fsp3) is 0.444. The SMILES string of the molecule is O=C(C1CC1)N1CCCN(S(=O)(=O)c2cccc3cnccc23)CC1. The second-order valence-corrected chi connectivity index (χ2v) is 8.62. The third-order valence-electron chi connectivity index (χ3n) is 4.95. The summed E-state index contributed by atoms with van der Waals surface area (Å²) in [5, 5.41) is 1.50. The molecular weight excluding hydrogens is 338 g/mol. The summed E-state index contributed by atoms with van der Waals surface area (Å²) in [6.45, 7) is 1.90. The maximum atomic E-state index is 13.2. The number of pyridine rings is 1. The Labute approximate surface area is 147 Å². The maximum absolute atomic E-state index is 13.2. The van der Waals surface area contributed by atoms with Gasteiger partial charge in [0.15, 0.2) is 0 Å². The molecule has 0 bridgehead atoms. The minimum atomic E-state index is -3.60. The van der Waals surface area contributed by atoms with E-state index in [2.05, 4.69) is 4.98 Å². The van der Waals surface area contributed by atoms with Crippen LogP contribution < -0.4 is 0 Å². The summed E-state index contributed by atoms with van der Waals surface area (Å²) >= 11 is 0. The summed E-state index contributed by atoms with van der Waals surface area (Å²) in [5.41, 5.74) is 0. The third kappa shape index (κ3) is 3.14. The molecule has 0 N–H and O–H groups in total. The molecule has 2 aromatic rings. The number of benzene rings is 1. The van der Waals surface area contributed by atoms with Crippen molar-refractivity contribution in [2.75, 3.05) is 26.2 Å². The van der Waals surface area contributed by atoms with E-state index in [0.29, 0.717) is 42.9 Å². The summed E-state index contributed by atoms with van der Waals surface area (Å²) in [4.78, 5) is 18.5. The Morgan fingerprint density at radius 2 is 1.92 bits per heavy atom. The van der Waals surface area contributed by atoms with Crippen molar-refractivity contribution in [1.82, 2.24) is 14.2 Å². The first kappa shape index (κ1) is 16.5. The summed E-state index contributed by atoms with van der Waals surface area (Å²) in [6.07, 6.45) is 5.90. The summed E-state index contributed by atoms with van der Waals surface area (Å²) in [5.74, 6) is 0.365. The smallest absolute Gasteiger partial charge is 0.243 e. The lowest BCUT2D eigenvalue weighted by atomic mass is 10.2. The molecule has 7 heteroatoms. The second-order valence-electron chi connectivity index (χ2n) is 6.71. The normalized spacial score (nSPS) is 19.8. The Morgan fingerprint density at radius 1 is 1.08 bits per heavy atom. The van der Waals surface area contributed by atoms with Crippen LogP contribution in [0.25, 0.3) is 10.8 Å². The highest BCUT2D eigenvalue weighted by atomic mass is 32.2. The number of nitrogens with zero attached hydrogens (tertiary/aromatic N) is 3. The first-order valence-corrected chi connectivity index (χ1v) is 10.1. The largest absolute Gasteiger partial charge is 0.341 e. The molecule has 6 nitrogen and oxygen atoms in total. The average molecular weight is 359 g/mol. The van der Waals surface area contributed by atoms with Gasteiger partial charge in [0.2, 0.25) is 15.9 Å². The minimum Gasteiger partial charge on any atom is -0.341 e. The molecule has 1 amide bonds. The average Bonchev–Trinajstić information content (AvgIpc) is 3.47. The van der Waals surface area contributed by atoms with Gasteiger partial charge in [0, 0.05) is 55.3 Å². The molecule has 2 aliphatic rings. The molecule has 1 saturated heterocycles. The number of hydrogen-bond acceptors (Lipinski definition) is 4. The van der Waals surface area contributed by atoms with Crippen LogP contribution in [-0.4, -0.2) is 54.7 Å². The van der Waals surface area contributed by atoms with Gasteiger partial charge in [-0.2, -0.15) is 4.31 Å². The van der Waals surface area contributed by atoms with Crippen LogP contribution in [0.3, 0.4) is 0 Å². The fourth-order valence-corrected chi connectivity index (χ4v) is 5.08. The monoisotopic (exact) mass is 359 g/mol. The molecule has 2 heterocycles. The Kier molecular flexibility index (Phi) is 4.21. The molecule has 25 heavy (non-hydrogen) atoms. The third-order valence-corrected chi connectivity index (χ3v) is 6.91. The highest BCUT2D eigenvalue weighted by Crippen LogP contribution is 2.32. The van der Waals surface area contributed by atoms with Gasteiger partial charge in [-0.15, -0.1) is 0 Å². The number of rotatable bonds is 3. The molecule has 0 atom stereocenters. The first-order chi connectivity index (χ1) is 12.1. The van der Waals surface area contributed by atoms with Crippen molar-refractivity contribution in [3.05, 3.63) is 36.7 Å². The first-order valence-electron chi connectivity index (χ1n) is 8.69. The Morgan fingerprint density at radius 3 is 2.72 bits per heavy atom. The zero-order valence-corrected chi connectivity index (χ0v) is 14.8.